The van der Waals surface area contributed by atoms with Gasteiger partial charge in [0.1, 0.15) is 5.58 Å². The van der Waals surface area contributed by atoms with Crippen molar-refractivity contribution in [3.8, 4) is 39.5 Å². The second-order valence-corrected chi connectivity index (χ2v) is 18.0. The molecular weight excluding hydrogens is 963 g/mol. The molecule has 0 aliphatic heterocycles. The van der Waals surface area contributed by atoms with Crippen LogP contribution in [0.5, 0.6) is 0 Å². The number of aromatic nitrogens is 3. The first-order valence-corrected chi connectivity index (χ1v) is 21.9. The molecule has 0 fully saturated rings. The number of benzene rings is 7. The second-order valence-electron chi connectivity index (χ2n) is 18.0. The van der Waals surface area contributed by atoms with E-state index in [9.17, 15) is 0 Å². The summed E-state index contributed by atoms with van der Waals surface area (Å²) in [6.07, 6.45) is 1.95. The predicted molar refractivity (Wildman–Crippen MR) is 261 cm³/mol. The average Bonchev–Trinajstić information content (AvgIpc) is 4.01. The van der Waals surface area contributed by atoms with Gasteiger partial charge in [0.05, 0.1) is 22.4 Å². The van der Waals surface area contributed by atoms with E-state index in [1.54, 1.807) is 0 Å². The Hall–Kier alpha value is -6.59. The van der Waals surface area contributed by atoms with E-state index < -0.39 is 0 Å². The van der Waals surface area contributed by atoms with Crippen molar-refractivity contribution in [3.63, 3.8) is 0 Å². The summed E-state index contributed by atoms with van der Waals surface area (Å²) >= 11 is 0. The molecule has 0 aliphatic rings. The fraction of sp³-hybridized carbons (Fsp3) is 0.172. The molecule has 0 N–H and O–H groups in total. The third kappa shape index (κ3) is 7.65. The van der Waals surface area contributed by atoms with Crippen LogP contribution in [0, 0.1) is 12.1 Å². The number of hydrogen-bond acceptors (Lipinski definition) is 4. The molecule has 11 aromatic rings. The standard InChI is InChI=1S/C43H33N2O2.C15H16N.Ir/c1-25(2)34-23-28(27-13-6-5-7-14-27)24-35(26(3)4)39(34)45-37-19-10-9-18-36(37)44-43(45)33-17-12-16-30-32-22-21-31-29-15-8-11-20-38(29)46-41(31)42(32)47-40(30)33;1-15(2,3)13-9-10-14(16-11-13)12-7-5-4-6-8-12;/h5-16,18-26H,1-4H3;4-7,9-11H,1-3H3;/q2*-1;. The molecule has 0 amide bonds. The molecule has 0 saturated carbocycles. The molecule has 7 aromatic carbocycles. The predicted octanol–water partition coefficient (Wildman–Crippen LogP) is 16.0. The van der Waals surface area contributed by atoms with Crippen molar-refractivity contribution >= 4 is 54.9 Å². The number of furan rings is 2. The third-order valence-corrected chi connectivity index (χ3v) is 12.1. The Labute approximate surface area is 388 Å². The number of nitrogens with zero attached hydrogens (tertiary/aromatic N) is 3. The normalized spacial score (nSPS) is 11.8. The minimum Gasteiger partial charge on any atom is -0.497 e. The number of imidazole rings is 1. The van der Waals surface area contributed by atoms with E-state index in [0.717, 1.165) is 77.6 Å². The van der Waals surface area contributed by atoms with Crippen molar-refractivity contribution in [2.24, 2.45) is 0 Å². The summed E-state index contributed by atoms with van der Waals surface area (Å²) in [4.78, 5) is 9.79. The number of hydrogen-bond donors (Lipinski definition) is 0. The molecular formula is C58H49IrN3O2-2. The summed E-state index contributed by atoms with van der Waals surface area (Å²) in [7, 11) is 0. The number of fused-ring (bicyclic) bond motifs is 8. The smallest absolute Gasteiger partial charge is 0.177 e. The molecule has 11 rings (SSSR count). The van der Waals surface area contributed by atoms with E-state index >= 15 is 0 Å². The zero-order valence-corrected chi connectivity index (χ0v) is 39.6. The Bertz CT molecular complexity index is 3400. The molecule has 64 heavy (non-hydrogen) atoms. The average molecular weight is 1010 g/mol. The van der Waals surface area contributed by atoms with Crippen molar-refractivity contribution in [3.05, 3.63) is 187 Å². The summed E-state index contributed by atoms with van der Waals surface area (Å²) in [6, 6.07) is 59.2. The molecule has 0 saturated heterocycles. The van der Waals surface area contributed by atoms with Crippen LogP contribution in [0.15, 0.2) is 167 Å². The van der Waals surface area contributed by atoms with Gasteiger partial charge in [0.25, 0.3) is 0 Å². The van der Waals surface area contributed by atoms with E-state index in [1.165, 1.54) is 33.5 Å². The van der Waals surface area contributed by atoms with Crippen molar-refractivity contribution < 1.29 is 28.9 Å². The van der Waals surface area contributed by atoms with E-state index in [0.29, 0.717) is 0 Å². The fourth-order valence-electron chi connectivity index (χ4n) is 8.73. The molecule has 4 aromatic heterocycles. The van der Waals surface area contributed by atoms with Crippen molar-refractivity contribution in [2.75, 3.05) is 0 Å². The molecule has 0 atom stereocenters. The van der Waals surface area contributed by atoms with Gasteiger partial charge in [-0.05, 0) is 87.2 Å². The molecule has 0 unspecified atom stereocenters. The van der Waals surface area contributed by atoms with Crippen LogP contribution in [-0.2, 0) is 25.5 Å². The monoisotopic (exact) mass is 1010 g/mol. The van der Waals surface area contributed by atoms with Gasteiger partial charge < -0.3 is 18.4 Å². The van der Waals surface area contributed by atoms with E-state index in [-0.39, 0.29) is 37.4 Å². The quantitative estimate of drug-likeness (QED) is 0.156. The summed E-state index contributed by atoms with van der Waals surface area (Å²) in [5.41, 5.74) is 15.6. The zero-order valence-electron chi connectivity index (χ0n) is 37.2. The van der Waals surface area contributed by atoms with Crippen LogP contribution in [0.3, 0.4) is 0 Å². The maximum absolute atomic E-state index is 6.82. The Balaban J connectivity index is 0.000000258. The summed E-state index contributed by atoms with van der Waals surface area (Å²) in [6.45, 7) is 15.7. The molecule has 0 aliphatic carbocycles. The minimum absolute atomic E-state index is 0. The van der Waals surface area contributed by atoms with Gasteiger partial charge in [-0.3, -0.25) is 4.98 Å². The number of para-hydroxylation sites is 3. The number of pyridine rings is 1. The summed E-state index contributed by atoms with van der Waals surface area (Å²) in [5, 5.41) is 4.16. The topological polar surface area (TPSA) is 57.0 Å². The first kappa shape index (κ1) is 42.7. The number of rotatable bonds is 6. The van der Waals surface area contributed by atoms with E-state index in [4.69, 9.17) is 13.8 Å². The summed E-state index contributed by atoms with van der Waals surface area (Å²) in [5.74, 6) is 1.35. The van der Waals surface area contributed by atoms with Crippen LogP contribution in [0.4, 0.5) is 0 Å². The van der Waals surface area contributed by atoms with Crippen LogP contribution in [0.1, 0.15) is 77.0 Å². The van der Waals surface area contributed by atoms with E-state index in [2.05, 4.69) is 173 Å². The molecule has 319 valence electrons. The van der Waals surface area contributed by atoms with E-state index in [1.807, 2.05) is 54.7 Å². The van der Waals surface area contributed by atoms with Crippen molar-refractivity contribution in [1.82, 2.24) is 14.5 Å². The largest absolute Gasteiger partial charge is 0.497 e. The molecule has 0 bridgehead atoms. The maximum Gasteiger partial charge on any atom is 0.177 e. The molecule has 4 heterocycles. The summed E-state index contributed by atoms with van der Waals surface area (Å²) < 4.78 is 15.6. The van der Waals surface area contributed by atoms with Gasteiger partial charge in [-0.15, -0.1) is 54.1 Å². The molecule has 6 heteroatoms. The van der Waals surface area contributed by atoms with Crippen LogP contribution in [-0.4, -0.2) is 14.5 Å². The fourth-order valence-corrected chi connectivity index (χ4v) is 8.73. The Morgan fingerprint density at radius 3 is 1.92 bits per heavy atom. The minimum atomic E-state index is 0. The molecule has 0 spiro atoms. The van der Waals surface area contributed by atoms with Gasteiger partial charge in [-0.2, -0.15) is 0 Å². The third-order valence-electron chi connectivity index (χ3n) is 12.1. The first-order chi connectivity index (χ1) is 30.5. The van der Waals surface area contributed by atoms with Crippen LogP contribution in [0.25, 0.3) is 94.4 Å². The zero-order chi connectivity index (χ0) is 43.4. The van der Waals surface area contributed by atoms with Crippen molar-refractivity contribution in [1.29, 1.82) is 0 Å². The van der Waals surface area contributed by atoms with Crippen LogP contribution < -0.4 is 0 Å². The van der Waals surface area contributed by atoms with Crippen LogP contribution in [0.2, 0.25) is 0 Å². The van der Waals surface area contributed by atoms with Crippen LogP contribution >= 0.6 is 0 Å². The van der Waals surface area contributed by atoms with Crippen molar-refractivity contribution in [2.45, 2.75) is 65.7 Å². The first-order valence-electron chi connectivity index (χ1n) is 21.9. The van der Waals surface area contributed by atoms with Gasteiger partial charge in [0, 0.05) is 48.1 Å². The Kier molecular flexibility index (Phi) is 11.5. The van der Waals surface area contributed by atoms with Gasteiger partial charge in [0.2, 0.25) is 0 Å². The van der Waals surface area contributed by atoms with Gasteiger partial charge in [0.15, 0.2) is 11.2 Å². The Morgan fingerprint density at radius 1 is 0.578 bits per heavy atom. The molecule has 1 radical (unpaired) electrons. The SMILES string of the molecule is CC(C)(C)c1ccc(-c2[c-]cccc2)nc1.CC(C)c1cc(-c2ccccc2)cc(C(C)C)c1-n1c(-c2[c-]ccc3c2oc2c3ccc3c4ccccc4oc32)nc2ccccc21.[Ir]. The molecule has 5 nitrogen and oxygen atoms in total. The van der Waals surface area contributed by atoms with Gasteiger partial charge in [-0.25, -0.2) is 0 Å². The van der Waals surface area contributed by atoms with Gasteiger partial charge in [-0.1, -0.05) is 138 Å². The maximum atomic E-state index is 6.82. The second kappa shape index (κ2) is 17.2. The van der Waals surface area contributed by atoms with Gasteiger partial charge >= 0.3 is 0 Å². The Morgan fingerprint density at radius 2 is 1.23 bits per heavy atom.